The highest BCUT2D eigenvalue weighted by Gasteiger charge is 2.16. The second-order valence-electron chi connectivity index (χ2n) is 4.60. The number of aromatic nitrogens is 1. The van der Waals surface area contributed by atoms with Gasteiger partial charge in [-0.05, 0) is 25.0 Å². The number of hydrogen-bond donors (Lipinski definition) is 1. The number of anilines is 1. The number of nitrogens with zero attached hydrogens (tertiary/aromatic N) is 1. The third kappa shape index (κ3) is 2.26. The first kappa shape index (κ1) is 11.3. The highest BCUT2D eigenvalue weighted by Crippen LogP contribution is 2.34. The summed E-state index contributed by atoms with van der Waals surface area (Å²) in [6.45, 7) is 0. The summed E-state index contributed by atoms with van der Waals surface area (Å²) < 4.78 is 1.20. The molecule has 0 atom stereocenters. The first-order valence-electron chi connectivity index (χ1n) is 6.13. The SMILES string of the molecule is Clc1ccc2scnc2c1NC1CCCCC1. The van der Waals surface area contributed by atoms with E-state index in [0.29, 0.717) is 6.04 Å². The molecule has 1 fully saturated rings. The van der Waals surface area contributed by atoms with Crippen molar-refractivity contribution in [3.8, 4) is 0 Å². The maximum Gasteiger partial charge on any atom is 0.106 e. The second kappa shape index (κ2) is 4.83. The summed E-state index contributed by atoms with van der Waals surface area (Å²) in [7, 11) is 0. The van der Waals surface area contributed by atoms with E-state index in [2.05, 4.69) is 10.3 Å². The molecular weight excluding hydrogens is 252 g/mol. The number of rotatable bonds is 2. The molecule has 1 aromatic heterocycles. The van der Waals surface area contributed by atoms with Gasteiger partial charge in [0.1, 0.15) is 5.52 Å². The van der Waals surface area contributed by atoms with E-state index in [1.165, 1.54) is 36.8 Å². The van der Waals surface area contributed by atoms with E-state index in [1.807, 2.05) is 17.6 Å². The fourth-order valence-electron chi connectivity index (χ4n) is 2.49. The lowest BCUT2D eigenvalue weighted by Crippen LogP contribution is -2.22. The summed E-state index contributed by atoms with van der Waals surface area (Å²) in [5.74, 6) is 0. The first-order valence-corrected chi connectivity index (χ1v) is 7.38. The van der Waals surface area contributed by atoms with Crippen LogP contribution in [0.2, 0.25) is 5.02 Å². The quantitative estimate of drug-likeness (QED) is 0.853. The maximum atomic E-state index is 6.28. The molecule has 0 bridgehead atoms. The van der Waals surface area contributed by atoms with Crippen molar-refractivity contribution in [2.24, 2.45) is 0 Å². The van der Waals surface area contributed by atoms with Gasteiger partial charge in [0.2, 0.25) is 0 Å². The third-order valence-electron chi connectivity index (χ3n) is 3.41. The van der Waals surface area contributed by atoms with Gasteiger partial charge in [-0.3, -0.25) is 0 Å². The molecule has 1 aliphatic rings. The Bertz CT molecular complexity index is 517. The lowest BCUT2D eigenvalue weighted by atomic mass is 9.95. The van der Waals surface area contributed by atoms with Gasteiger partial charge in [-0.2, -0.15) is 0 Å². The van der Waals surface area contributed by atoms with Gasteiger partial charge in [0.25, 0.3) is 0 Å². The molecule has 0 radical (unpaired) electrons. The predicted octanol–water partition coefficient (Wildman–Crippen LogP) is 4.69. The van der Waals surface area contributed by atoms with Crippen LogP contribution in [0, 0.1) is 0 Å². The Kier molecular flexibility index (Phi) is 3.21. The number of hydrogen-bond acceptors (Lipinski definition) is 3. The van der Waals surface area contributed by atoms with E-state index < -0.39 is 0 Å². The summed E-state index contributed by atoms with van der Waals surface area (Å²) in [6, 6.07) is 4.57. The van der Waals surface area contributed by atoms with Crippen molar-refractivity contribution in [3.05, 3.63) is 22.7 Å². The molecule has 1 saturated carbocycles. The monoisotopic (exact) mass is 266 g/mol. The fraction of sp³-hybridized carbons (Fsp3) is 0.462. The van der Waals surface area contributed by atoms with Crippen molar-refractivity contribution >= 4 is 38.8 Å². The topological polar surface area (TPSA) is 24.9 Å². The predicted molar refractivity (Wildman–Crippen MR) is 75.1 cm³/mol. The van der Waals surface area contributed by atoms with Crippen LogP contribution in [-0.4, -0.2) is 11.0 Å². The van der Waals surface area contributed by atoms with Crippen molar-refractivity contribution in [1.82, 2.24) is 4.98 Å². The Balaban J connectivity index is 1.92. The molecule has 3 rings (SSSR count). The van der Waals surface area contributed by atoms with Crippen LogP contribution in [0.5, 0.6) is 0 Å². The van der Waals surface area contributed by atoms with Crippen molar-refractivity contribution in [3.63, 3.8) is 0 Å². The van der Waals surface area contributed by atoms with Gasteiger partial charge in [-0.25, -0.2) is 4.98 Å². The zero-order valence-corrected chi connectivity index (χ0v) is 11.2. The molecular formula is C13H15ClN2S. The van der Waals surface area contributed by atoms with Gasteiger partial charge >= 0.3 is 0 Å². The minimum absolute atomic E-state index is 0.563. The van der Waals surface area contributed by atoms with Crippen LogP contribution in [0.15, 0.2) is 17.6 Å². The lowest BCUT2D eigenvalue weighted by Gasteiger charge is -2.24. The second-order valence-corrected chi connectivity index (χ2v) is 5.89. The molecule has 2 nitrogen and oxygen atoms in total. The van der Waals surface area contributed by atoms with Crippen molar-refractivity contribution in [2.45, 2.75) is 38.1 Å². The molecule has 1 heterocycles. The smallest absolute Gasteiger partial charge is 0.106 e. The number of thiazole rings is 1. The zero-order chi connectivity index (χ0) is 11.7. The van der Waals surface area contributed by atoms with Crippen molar-refractivity contribution in [1.29, 1.82) is 0 Å². The zero-order valence-electron chi connectivity index (χ0n) is 9.58. The van der Waals surface area contributed by atoms with E-state index in [9.17, 15) is 0 Å². The van der Waals surface area contributed by atoms with Crippen LogP contribution in [0.25, 0.3) is 10.2 Å². The Morgan fingerprint density at radius 2 is 2.06 bits per heavy atom. The van der Waals surface area contributed by atoms with E-state index in [0.717, 1.165) is 16.2 Å². The average Bonchev–Trinajstić information content (AvgIpc) is 2.83. The number of benzene rings is 1. The highest BCUT2D eigenvalue weighted by molar-refractivity contribution is 7.16. The van der Waals surface area contributed by atoms with Crippen LogP contribution in [-0.2, 0) is 0 Å². The summed E-state index contributed by atoms with van der Waals surface area (Å²) in [4.78, 5) is 4.42. The van der Waals surface area contributed by atoms with Gasteiger partial charge < -0.3 is 5.32 Å². The largest absolute Gasteiger partial charge is 0.379 e. The molecule has 0 spiro atoms. The third-order valence-corrected chi connectivity index (χ3v) is 4.51. The lowest BCUT2D eigenvalue weighted by molar-refractivity contribution is 0.463. The van der Waals surface area contributed by atoms with Crippen molar-refractivity contribution < 1.29 is 0 Å². The summed E-state index contributed by atoms with van der Waals surface area (Å²) >= 11 is 7.94. The number of halogens is 1. The van der Waals surface area contributed by atoms with Gasteiger partial charge in [0.05, 0.1) is 20.9 Å². The highest BCUT2D eigenvalue weighted by atomic mass is 35.5. The van der Waals surface area contributed by atoms with Gasteiger partial charge in [-0.1, -0.05) is 30.9 Å². The number of nitrogens with one attached hydrogen (secondary N) is 1. The Morgan fingerprint density at radius 3 is 2.88 bits per heavy atom. The van der Waals surface area contributed by atoms with E-state index in [4.69, 9.17) is 11.6 Å². The van der Waals surface area contributed by atoms with Crippen LogP contribution in [0.4, 0.5) is 5.69 Å². The molecule has 0 unspecified atom stereocenters. The Hall–Kier alpha value is -0.800. The van der Waals surface area contributed by atoms with Crippen LogP contribution in [0.3, 0.4) is 0 Å². The van der Waals surface area contributed by atoms with Crippen LogP contribution < -0.4 is 5.32 Å². The van der Waals surface area contributed by atoms with Gasteiger partial charge in [-0.15, -0.1) is 11.3 Å². The molecule has 17 heavy (non-hydrogen) atoms. The fourth-order valence-corrected chi connectivity index (χ4v) is 3.39. The van der Waals surface area contributed by atoms with E-state index >= 15 is 0 Å². The van der Waals surface area contributed by atoms with E-state index in [1.54, 1.807) is 11.3 Å². The average molecular weight is 267 g/mol. The van der Waals surface area contributed by atoms with Gasteiger partial charge in [0.15, 0.2) is 0 Å². The molecule has 0 amide bonds. The first-order chi connectivity index (χ1) is 8.34. The molecule has 90 valence electrons. The molecule has 0 aliphatic heterocycles. The van der Waals surface area contributed by atoms with Crippen molar-refractivity contribution in [2.75, 3.05) is 5.32 Å². The molecule has 1 N–H and O–H groups in total. The standard InChI is InChI=1S/C13H15ClN2S/c14-10-6-7-11-13(15-8-17-11)12(10)16-9-4-2-1-3-5-9/h6-9,16H,1-5H2. The minimum atomic E-state index is 0.563. The Morgan fingerprint density at radius 1 is 1.24 bits per heavy atom. The normalized spacial score (nSPS) is 17.5. The molecule has 1 aliphatic carbocycles. The molecule has 2 aromatic rings. The minimum Gasteiger partial charge on any atom is -0.379 e. The number of fused-ring (bicyclic) bond motifs is 1. The van der Waals surface area contributed by atoms with Crippen LogP contribution >= 0.6 is 22.9 Å². The molecule has 0 saturated heterocycles. The summed E-state index contributed by atoms with van der Waals surface area (Å²) in [5, 5.41) is 4.38. The van der Waals surface area contributed by atoms with Gasteiger partial charge in [0, 0.05) is 6.04 Å². The Labute approximate surface area is 110 Å². The summed E-state index contributed by atoms with van der Waals surface area (Å²) in [6.07, 6.45) is 6.51. The summed E-state index contributed by atoms with van der Waals surface area (Å²) in [5.41, 5.74) is 3.93. The maximum absolute atomic E-state index is 6.28. The molecule has 1 aromatic carbocycles. The van der Waals surface area contributed by atoms with E-state index in [-0.39, 0.29) is 0 Å². The van der Waals surface area contributed by atoms with Crippen LogP contribution in [0.1, 0.15) is 32.1 Å². The molecule has 4 heteroatoms.